The molecule has 0 N–H and O–H groups in total. The number of benzene rings is 1. The minimum atomic E-state index is 0.873. The first-order chi connectivity index (χ1) is 7.92. The Bertz CT molecular complexity index is 314. The molecule has 2 rings (SSSR count). The average molecular weight is 216 g/mol. The number of aryl methyl sites for hydroxylation is 1. The van der Waals surface area contributed by atoms with E-state index in [2.05, 4.69) is 31.2 Å². The summed E-state index contributed by atoms with van der Waals surface area (Å²) >= 11 is 0. The Hall–Kier alpha value is -0.780. The maximum atomic E-state index is 2.35. The van der Waals surface area contributed by atoms with Crippen LogP contribution in [0.1, 0.15) is 68.9 Å². The quantitative estimate of drug-likeness (QED) is 0.582. The van der Waals surface area contributed by atoms with Gasteiger partial charge in [-0.05, 0) is 36.3 Å². The van der Waals surface area contributed by atoms with E-state index in [1.807, 2.05) is 0 Å². The van der Waals surface area contributed by atoms with Crippen molar-refractivity contribution in [2.45, 2.75) is 64.2 Å². The zero-order valence-electron chi connectivity index (χ0n) is 10.5. The highest BCUT2D eigenvalue weighted by atomic mass is 14.3. The highest BCUT2D eigenvalue weighted by Gasteiger charge is 2.20. The number of hydrogen-bond acceptors (Lipinski definition) is 0. The van der Waals surface area contributed by atoms with E-state index in [1.54, 1.807) is 11.1 Å². The summed E-state index contributed by atoms with van der Waals surface area (Å²) in [5.41, 5.74) is 3.26. The van der Waals surface area contributed by atoms with E-state index < -0.39 is 0 Å². The Balaban J connectivity index is 1.76. The van der Waals surface area contributed by atoms with Crippen molar-refractivity contribution in [3.63, 3.8) is 0 Å². The second-order valence-electron chi connectivity index (χ2n) is 5.14. The van der Waals surface area contributed by atoms with Crippen LogP contribution in [0.3, 0.4) is 0 Å². The Morgan fingerprint density at radius 3 is 2.75 bits per heavy atom. The third kappa shape index (κ3) is 2.87. The van der Waals surface area contributed by atoms with Gasteiger partial charge in [0.15, 0.2) is 0 Å². The van der Waals surface area contributed by atoms with Gasteiger partial charge in [-0.25, -0.2) is 0 Å². The molecule has 1 aromatic rings. The van der Waals surface area contributed by atoms with Crippen LogP contribution in [0.5, 0.6) is 0 Å². The van der Waals surface area contributed by atoms with Crippen LogP contribution in [-0.4, -0.2) is 0 Å². The van der Waals surface area contributed by atoms with Crippen molar-refractivity contribution in [1.82, 2.24) is 0 Å². The van der Waals surface area contributed by atoms with Crippen molar-refractivity contribution in [2.24, 2.45) is 0 Å². The number of unbranched alkanes of at least 4 members (excludes halogenated alkanes) is 4. The normalized spacial score (nSPS) is 18.7. The Morgan fingerprint density at radius 2 is 1.88 bits per heavy atom. The molecule has 16 heavy (non-hydrogen) atoms. The molecule has 0 aliphatic heterocycles. The third-order valence-electron chi connectivity index (χ3n) is 3.91. The molecular formula is C16H24. The van der Waals surface area contributed by atoms with Crippen molar-refractivity contribution in [3.8, 4) is 0 Å². The number of rotatable bonds is 6. The summed E-state index contributed by atoms with van der Waals surface area (Å²) in [5, 5.41) is 0. The van der Waals surface area contributed by atoms with Gasteiger partial charge < -0.3 is 0 Å². The highest BCUT2D eigenvalue weighted by Crippen LogP contribution is 2.36. The fourth-order valence-corrected chi connectivity index (χ4v) is 2.94. The smallest absolute Gasteiger partial charge is 0.0156 e. The zero-order valence-corrected chi connectivity index (χ0v) is 10.5. The lowest BCUT2D eigenvalue weighted by molar-refractivity contribution is 0.542. The summed E-state index contributed by atoms with van der Waals surface area (Å²) in [4.78, 5) is 0. The summed E-state index contributed by atoms with van der Waals surface area (Å²) < 4.78 is 0. The van der Waals surface area contributed by atoms with Crippen LogP contribution < -0.4 is 0 Å². The van der Waals surface area contributed by atoms with Crippen molar-refractivity contribution >= 4 is 0 Å². The van der Waals surface area contributed by atoms with Gasteiger partial charge >= 0.3 is 0 Å². The van der Waals surface area contributed by atoms with Gasteiger partial charge in [-0.2, -0.15) is 0 Å². The maximum Gasteiger partial charge on any atom is -0.0156 e. The average Bonchev–Trinajstić information content (AvgIpc) is 2.73. The summed E-state index contributed by atoms with van der Waals surface area (Å²) in [7, 11) is 0. The van der Waals surface area contributed by atoms with Crippen molar-refractivity contribution in [2.75, 3.05) is 0 Å². The third-order valence-corrected chi connectivity index (χ3v) is 3.91. The lowest BCUT2D eigenvalue weighted by atomic mass is 9.95. The zero-order chi connectivity index (χ0) is 11.2. The standard InChI is InChI=1S/C16H24/c1-2-3-4-5-6-9-14-12-13-15-10-7-8-11-16(14)15/h7-8,10-11,14H,2-6,9,12-13H2,1H3. The molecule has 0 nitrogen and oxygen atoms in total. The van der Waals surface area contributed by atoms with Crippen LogP contribution in [0.4, 0.5) is 0 Å². The molecule has 0 aromatic heterocycles. The molecule has 1 aliphatic carbocycles. The molecule has 0 amide bonds. The topological polar surface area (TPSA) is 0 Å². The molecule has 0 bridgehead atoms. The van der Waals surface area contributed by atoms with Crippen molar-refractivity contribution in [3.05, 3.63) is 35.4 Å². The van der Waals surface area contributed by atoms with Gasteiger partial charge in [-0.3, -0.25) is 0 Å². The Morgan fingerprint density at radius 1 is 1.06 bits per heavy atom. The van der Waals surface area contributed by atoms with Crippen molar-refractivity contribution < 1.29 is 0 Å². The lowest BCUT2D eigenvalue weighted by Crippen LogP contribution is -1.93. The molecule has 0 fully saturated rings. The Kier molecular flexibility index (Phi) is 4.44. The first kappa shape index (κ1) is 11.7. The van der Waals surface area contributed by atoms with Gasteiger partial charge in [0.25, 0.3) is 0 Å². The molecule has 0 saturated carbocycles. The summed E-state index contributed by atoms with van der Waals surface area (Å²) in [5.74, 6) is 0.873. The molecule has 88 valence electrons. The Labute approximate surface area is 100 Å². The van der Waals surface area contributed by atoms with E-state index in [4.69, 9.17) is 0 Å². The minimum absolute atomic E-state index is 0.873. The van der Waals surface area contributed by atoms with E-state index in [0.29, 0.717) is 0 Å². The first-order valence-electron chi connectivity index (χ1n) is 6.99. The van der Waals surface area contributed by atoms with Gasteiger partial charge in [0.2, 0.25) is 0 Å². The van der Waals surface area contributed by atoms with Crippen LogP contribution in [-0.2, 0) is 6.42 Å². The largest absolute Gasteiger partial charge is 0.0654 e. The molecule has 1 aromatic carbocycles. The molecular weight excluding hydrogens is 192 g/mol. The predicted molar refractivity (Wildman–Crippen MR) is 70.9 cm³/mol. The number of hydrogen-bond donors (Lipinski definition) is 0. The molecule has 1 aliphatic rings. The number of fused-ring (bicyclic) bond motifs is 1. The summed E-state index contributed by atoms with van der Waals surface area (Å²) in [6.07, 6.45) is 11.2. The van der Waals surface area contributed by atoms with E-state index in [0.717, 1.165) is 5.92 Å². The predicted octanol–water partition coefficient (Wildman–Crippen LogP) is 5.08. The van der Waals surface area contributed by atoms with Crippen LogP contribution in [0.25, 0.3) is 0 Å². The second kappa shape index (κ2) is 6.08. The van der Waals surface area contributed by atoms with E-state index in [-0.39, 0.29) is 0 Å². The summed E-state index contributed by atoms with van der Waals surface area (Å²) in [6.45, 7) is 2.28. The summed E-state index contributed by atoms with van der Waals surface area (Å²) in [6, 6.07) is 9.04. The van der Waals surface area contributed by atoms with E-state index in [9.17, 15) is 0 Å². The van der Waals surface area contributed by atoms with Crippen LogP contribution in [0.2, 0.25) is 0 Å². The molecule has 0 heteroatoms. The SMILES string of the molecule is CCCCCCCC1CCc2ccccc21. The van der Waals surface area contributed by atoms with Gasteiger partial charge in [-0.15, -0.1) is 0 Å². The highest BCUT2D eigenvalue weighted by molar-refractivity contribution is 5.34. The van der Waals surface area contributed by atoms with Gasteiger partial charge in [0.05, 0.1) is 0 Å². The molecule has 1 unspecified atom stereocenters. The van der Waals surface area contributed by atoms with Crippen LogP contribution in [0, 0.1) is 0 Å². The monoisotopic (exact) mass is 216 g/mol. The van der Waals surface area contributed by atoms with E-state index >= 15 is 0 Å². The van der Waals surface area contributed by atoms with Gasteiger partial charge in [0, 0.05) is 0 Å². The first-order valence-corrected chi connectivity index (χ1v) is 6.99. The molecule has 0 saturated heterocycles. The fraction of sp³-hybridized carbons (Fsp3) is 0.625. The maximum absolute atomic E-state index is 2.35. The van der Waals surface area contributed by atoms with Crippen LogP contribution in [0.15, 0.2) is 24.3 Å². The molecule has 1 atom stereocenters. The second-order valence-corrected chi connectivity index (χ2v) is 5.14. The molecule has 0 heterocycles. The van der Waals surface area contributed by atoms with Gasteiger partial charge in [0.1, 0.15) is 0 Å². The van der Waals surface area contributed by atoms with Crippen molar-refractivity contribution in [1.29, 1.82) is 0 Å². The molecule has 0 radical (unpaired) electrons. The molecule has 0 spiro atoms. The van der Waals surface area contributed by atoms with Crippen LogP contribution >= 0.6 is 0 Å². The lowest BCUT2D eigenvalue weighted by Gasteiger charge is -2.10. The fourth-order valence-electron chi connectivity index (χ4n) is 2.94. The van der Waals surface area contributed by atoms with E-state index in [1.165, 1.54) is 51.4 Å². The van der Waals surface area contributed by atoms with Gasteiger partial charge in [-0.1, -0.05) is 63.3 Å². The minimum Gasteiger partial charge on any atom is -0.0654 e.